The van der Waals surface area contributed by atoms with Gasteiger partial charge in [-0.1, -0.05) is 131 Å². The van der Waals surface area contributed by atoms with Gasteiger partial charge in [-0.25, -0.2) is 0 Å². The third-order valence-corrected chi connectivity index (χ3v) is 11.6. The summed E-state index contributed by atoms with van der Waals surface area (Å²) < 4.78 is 2.40. The molecule has 0 fully saturated rings. The molecule has 1 aliphatic heterocycles. The van der Waals surface area contributed by atoms with Crippen LogP contribution in [0.25, 0.3) is 49.7 Å². The highest BCUT2D eigenvalue weighted by Gasteiger charge is 2.39. The van der Waals surface area contributed by atoms with Gasteiger partial charge < -0.3 is 9.47 Å². The van der Waals surface area contributed by atoms with Crippen LogP contribution in [0.1, 0.15) is 49.9 Å². The van der Waals surface area contributed by atoms with Crippen molar-refractivity contribution in [2.45, 2.75) is 38.5 Å². The van der Waals surface area contributed by atoms with Gasteiger partial charge in [0.05, 0.1) is 22.4 Å². The van der Waals surface area contributed by atoms with Crippen molar-refractivity contribution in [3.63, 3.8) is 0 Å². The minimum Gasteiger partial charge on any atom is -0.310 e. The number of aromatic nitrogens is 1. The van der Waals surface area contributed by atoms with E-state index in [0.29, 0.717) is 0 Å². The smallest absolute Gasteiger partial charge is 0.0541 e. The third-order valence-electron chi connectivity index (χ3n) is 11.6. The largest absolute Gasteiger partial charge is 0.310 e. The number of fused-ring (bicyclic) bond motifs is 8. The Morgan fingerprint density at radius 3 is 1.76 bits per heavy atom. The van der Waals surface area contributed by atoms with Crippen LogP contribution < -0.4 is 4.90 Å². The third kappa shape index (κ3) is 3.96. The van der Waals surface area contributed by atoms with Gasteiger partial charge in [-0.05, 0) is 99.1 Å². The Hall–Kier alpha value is -5.86. The van der Waals surface area contributed by atoms with Crippen molar-refractivity contribution in [3.05, 3.63) is 180 Å². The van der Waals surface area contributed by atoms with E-state index in [1.165, 1.54) is 89.1 Å². The topological polar surface area (TPSA) is 8.17 Å². The van der Waals surface area contributed by atoms with Crippen molar-refractivity contribution in [1.29, 1.82) is 0 Å². The fourth-order valence-electron chi connectivity index (χ4n) is 9.02. The summed E-state index contributed by atoms with van der Waals surface area (Å²) in [6.45, 7) is 9.48. The second-order valence-electron chi connectivity index (χ2n) is 15.0. The van der Waals surface area contributed by atoms with E-state index in [4.69, 9.17) is 0 Å². The summed E-state index contributed by atoms with van der Waals surface area (Å²) in [6.07, 6.45) is 0. The van der Waals surface area contributed by atoms with E-state index in [9.17, 15) is 0 Å². The first kappa shape index (κ1) is 29.1. The second-order valence-corrected chi connectivity index (χ2v) is 15.0. The Kier molecular flexibility index (Phi) is 6.01. The van der Waals surface area contributed by atoms with Crippen molar-refractivity contribution < 1.29 is 0 Å². The van der Waals surface area contributed by atoms with Gasteiger partial charge in [0.25, 0.3) is 0 Å². The molecule has 0 amide bonds. The zero-order valence-corrected chi connectivity index (χ0v) is 28.9. The summed E-state index contributed by atoms with van der Waals surface area (Å²) in [7, 11) is 0. The quantitative estimate of drug-likeness (QED) is 0.186. The molecular weight excluding hydrogens is 605 g/mol. The van der Waals surface area contributed by atoms with Crippen LogP contribution in [-0.4, -0.2) is 4.57 Å². The van der Waals surface area contributed by atoms with Gasteiger partial charge in [-0.3, -0.25) is 0 Å². The maximum atomic E-state index is 2.49. The molecule has 0 N–H and O–H groups in total. The molecule has 0 spiro atoms. The molecule has 2 heteroatoms. The maximum Gasteiger partial charge on any atom is 0.0541 e. The molecule has 8 aromatic rings. The summed E-state index contributed by atoms with van der Waals surface area (Å²) in [6, 6.07) is 58.6. The summed E-state index contributed by atoms with van der Waals surface area (Å²) >= 11 is 0. The first-order valence-corrected chi connectivity index (χ1v) is 17.7. The molecule has 0 radical (unpaired) electrons. The van der Waals surface area contributed by atoms with Gasteiger partial charge in [-0.15, -0.1) is 0 Å². The first-order valence-electron chi connectivity index (χ1n) is 17.7. The van der Waals surface area contributed by atoms with E-state index < -0.39 is 0 Å². The van der Waals surface area contributed by atoms with E-state index in [1.807, 2.05) is 0 Å². The lowest BCUT2D eigenvalue weighted by molar-refractivity contribution is 0.631. The summed E-state index contributed by atoms with van der Waals surface area (Å²) in [5, 5.41) is 2.56. The summed E-state index contributed by atoms with van der Waals surface area (Å²) in [5.74, 6) is 0. The zero-order chi connectivity index (χ0) is 33.8. The molecule has 0 atom stereocenters. The Balaban J connectivity index is 1.13. The highest BCUT2D eigenvalue weighted by molar-refractivity contribution is 6.09. The highest BCUT2D eigenvalue weighted by atomic mass is 15.2. The number of anilines is 3. The molecule has 50 heavy (non-hydrogen) atoms. The average molecular weight is 643 g/mol. The van der Waals surface area contributed by atoms with E-state index in [-0.39, 0.29) is 10.8 Å². The Bertz CT molecular complexity index is 2620. The first-order chi connectivity index (χ1) is 24.3. The summed E-state index contributed by atoms with van der Waals surface area (Å²) in [5.41, 5.74) is 17.7. The lowest BCUT2D eigenvalue weighted by Gasteiger charge is -2.42. The molecular formula is C48H38N2. The fourth-order valence-corrected chi connectivity index (χ4v) is 9.02. The van der Waals surface area contributed by atoms with Gasteiger partial charge in [0.15, 0.2) is 0 Å². The van der Waals surface area contributed by atoms with E-state index in [2.05, 4.69) is 195 Å². The second kappa shape index (κ2) is 10.3. The molecule has 1 aliphatic carbocycles. The van der Waals surface area contributed by atoms with E-state index >= 15 is 0 Å². The molecule has 2 nitrogen and oxygen atoms in total. The van der Waals surface area contributed by atoms with Crippen LogP contribution in [-0.2, 0) is 10.8 Å². The van der Waals surface area contributed by atoms with Crippen LogP contribution >= 0.6 is 0 Å². The number of rotatable bonds is 3. The lowest BCUT2D eigenvalue weighted by atomic mass is 9.72. The van der Waals surface area contributed by atoms with Crippen molar-refractivity contribution in [2.75, 3.05) is 4.90 Å². The van der Waals surface area contributed by atoms with Crippen molar-refractivity contribution >= 4 is 38.9 Å². The number of benzene rings is 7. The van der Waals surface area contributed by atoms with Crippen LogP contribution in [0.3, 0.4) is 0 Å². The average Bonchev–Trinajstić information content (AvgIpc) is 3.60. The van der Waals surface area contributed by atoms with Crippen molar-refractivity contribution in [3.8, 4) is 27.9 Å². The van der Waals surface area contributed by atoms with Crippen LogP contribution in [0.5, 0.6) is 0 Å². The zero-order valence-electron chi connectivity index (χ0n) is 28.9. The Morgan fingerprint density at radius 2 is 0.980 bits per heavy atom. The Morgan fingerprint density at radius 1 is 0.380 bits per heavy atom. The van der Waals surface area contributed by atoms with Gasteiger partial charge in [-0.2, -0.15) is 0 Å². The standard InChI is InChI=1S/C48H38N2/c1-47(2)39-19-8-5-16-35(39)36-26-25-34(30-41(36)47)50-45-23-12-9-20-40(45)48(3,4)42-29-32(24-27-46(42)50)31-14-13-15-33(28-31)49-43-21-10-6-17-37(43)38-18-7-11-22-44(38)49/h5-30H,1-4H3. The minimum atomic E-state index is -0.185. The number of hydrogen-bond donors (Lipinski definition) is 0. The van der Waals surface area contributed by atoms with Crippen molar-refractivity contribution in [2.24, 2.45) is 0 Å². The van der Waals surface area contributed by atoms with Crippen LogP contribution in [0.15, 0.2) is 158 Å². The van der Waals surface area contributed by atoms with Gasteiger partial charge in [0, 0.05) is 33.0 Å². The van der Waals surface area contributed by atoms with Crippen LogP contribution in [0.4, 0.5) is 17.1 Å². The monoisotopic (exact) mass is 642 g/mol. The van der Waals surface area contributed by atoms with E-state index in [1.54, 1.807) is 0 Å². The fraction of sp³-hybridized carbons (Fsp3) is 0.125. The molecule has 1 aromatic heterocycles. The molecule has 7 aromatic carbocycles. The number of para-hydroxylation sites is 3. The predicted molar refractivity (Wildman–Crippen MR) is 211 cm³/mol. The van der Waals surface area contributed by atoms with E-state index in [0.717, 1.165) is 0 Å². The lowest BCUT2D eigenvalue weighted by Crippen LogP contribution is -2.30. The highest BCUT2D eigenvalue weighted by Crippen LogP contribution is 2.55. The molecule has 10 rings (SSSR count). The Labute approximate surface area is 293 Å². The number of nitrogens with zero attached hydrogens (tertiary/aromatic N) is 2. The van der Waals surface area contributed by atoms with Gasteiger partial charge >= 0.3 is 0 Å². The molecule has 0 saturated heterocycles. The summed E-state index contributed by atoms with van der Waals surface area (Å²) in [4.78, 5) is 2.49. The minimum absolute atomic E-state index is 0.0649. The SMILES string of the molecule is CC1(C)c2ccccc2-c2ccc(N3c4ccccc4C(C)(C)c4cc(-c5cccc(-n6c7ccccc7c7ccccc76)c5)ccc43)cc21. The molecule has 2 heterocycles. The maximum absolute atomic E-state index is 2.49. The molecule has 0 bridgehead atoms. The molecule has 0 unspecified atom stereocenters. The van der Waals surface area contributed by atoms with Crippen LogP contribution in [0.2, 0.25) is 0 Å². The van der Waals surface area contributed by atoms with Gasteiger partial charge in [0.2, 0.25) is 0 Å². The normalized spacial score (nSPS) is 15.1. The molecule has 0 saturated carbocycles. The van der Waals surface area contributed by atoms with Crippen molar-refractivity contribution in [1.82, 2.24) is 4.57 Å². The molecule has 240 valence electrons. The van der Waals surface area contributed by atoms with Crippen LogP contribution in [0, 0.1) is 0 Å². The predicted octanol–water partition coefficient (Wildman–Crippen LogP) is 12.9. The number of hydrogen-bond acceptors (Lipinski definition) is 1. The van der Waals surface area contributed by atoms with Gasteiger partial charge in [0.1, 0.15) is 0 Å². The molecule has 2 aliphatic rings.